The lowest BCUT2D eigenvalue weighted by atomic mass is 10.0. The number of carbonyl (C=O) groups excluding carboxylic acids is 1. The third-order valence-corrected chi connectivity index (χ3v) is 5.21. The van der Waals surface area contributed by atoms with E-state index in [1.807, 2.05) is 55.6 Å². The number of nitriles is 1. The number of nitrogens with one attached hydrogen (secondary N) is 2. The van der Waals surface area contributed by atoms with Crippen molar-refractivity contribution in [3.8, 4) is 6.07 Å². The van der Waals surface area contributed by atoms with Gasteiger partial charge in [0.2, 0.25) is 0 Å². The Morgan fingerprint density at radius 1 is 1.03 bits per heavy atom. The topological polar surface area (TPSA) is 81.6 Å². The molecule has 0 radical (unpaired) electrons. The van der Waals surface area contributed by atoms with E-state index < -0.39 is 0 Å². The van der Waals surface area contributed by atoms with Crippen molar-refractivity contribution in [1.29, 1.82) is 5.26 Å². The summed E-state index contributed by atoms with van der Waals surface area (Å²) in [7, 11) is 0. The van der Waals surface area contributed by atoms with Gasteiger partial charge in [-0.15, -0.1) is 0 Å². The van der Waals surface area contributed by atoms with Crippen molar-refractivity contribution in [2.75, 3.05) is 5.32 Å². The van der Waals surface area contributed by atoms with E-state index in [1.54, 1.807) is 18.3 Å². The van der Waals surface area contributed by atoms with E-state index >= 15 is 0 Å². The van der Waals surface area contributed by atoms with Gasteiger partial charge < -0.3 is 10.3 Å². The third kappa shape index (κ3) is 3.59. The van der Waals surface area contributed by atoms with E-state index in [9.17, 15) is 10.1 Å². The molecular weight excluding hydrogens is 372 g/mol. The number of H-pyrrole nitrogens is 1. The van der Waals surface area contributed by atoms with Gasteiger partial charge in [0.15, 0.2) is 0 Å². The minimum absolute atomic E-state index is 0.477. The standard InChI is InChI=1S/C25H20N4O/c1-16-21-11-12-27-24(21)10-9-23(16)29-25-20(13-26)14-28-17(2)22(25)8-7-18-3-5-19(15-30)6-4-18/h3-12,14-15,27H,1-2H3,(H,28,29). The summed E-state index contributed by atoms with van der Waals surface area (Å²) >= 11 is 0. The molecule has 0 aliphatic heterocycles. The minimum atomic E-state index is 0.477. The Balaban J connectivity index is 1.77. The molecule has 2 N–H and O–H groups in total. The number of aldehydes is 1. The molecule has 2 aromatic carbocycles. The highest BCUT2D eigenvalue weighted by Crippen LogP contribution is 2.32. The fraction of sp³-hybridized carbons (Fsp3) is 0.0800. The molecule has 5 heteroatoms. The molecule has 0 amide bonds. The molecule has 0 saturated heterocycles. The largest absolute Gasteiger partial charge is 0.361 e. The number of nitrogens with zero attached hydrogens (tertiary/aromatic N) is 2. The van der Waals surface area contributed by atoms with E-state index in [4.69, 9.17) is 0 Å². The molecule has 2 aromatic heterocycles. The molecule has 4 rings (SSSR count). The summed E-state index contributed by atoms with van der Waals surface area (Å²) in [5, 5.41) is 14.3. The second-order valence-electron chi connectivity index (χ2n) is 7.08. The molecule has 2 heterocycles. The Bertz CT molecular complexity index is 1310. The van der Waals surface area contributed by atoms with Gasteiger partial charge in [0.25, 0.3) is 0 Å². The van der Waals surface area contributed by atoms with Crippen molar-refractivity contribution in [3.05, 3.63) is 88.4 Å². The van der Waals surface area contributed by atoms with Crippen LogP contribution in [0, 0.1) is 25.2 Å². The molecule has 0 bridgehead atoms. The SMILES string of the molecule is Cc1ncc(C#N)c(Nc2ccc3[nH]ccc3c2C)c1C=Cc1ccc(C=O)cc1. The summed E-state index contributed by atoms with van der Waals surface area (Å²) < 4.78 is 0. The van der Waals surface area contributed by atoms with E-state index in [1.165, 1.54) is 0 Å². The lowest BCUT2D eigenvalue weighted by Crippen LogP contribution is -2.02. The van der Waals surface area contributed by atoms with Gasteiger partial charge in [0.05, 0.1) is 11.3 Å². The fourth-order valence-corrected chi connectivity index (χ4v) is 3.46. The summed E-state index contributed by atoms with van der Waals surface area (Å²) in [5.41, 5.74) is 7.57. The van der Waals surface area contributed by atoms with Gasteiger partial charge in [0, 0.05) is 45.8 Å². The van der Waals surface area contributed by atoms with Crippen molar-refractivity contribution in [1.82, 2.24) is 9.97 Å². The van der Waals surface area contributed by atoms with Crippen LogP contribution in [0.1, 0.15) is 38.3 Å². The van der Waals surface area contributed by atoms with Crippen LogP contribution in [0.15, 0.2) is 54.9 Å². The molecule has 0 unspecified atom stereocenters. The number of aromatic nitrogens is 2. The van der Waals surface area contributed by atoms with Crippen LogP contribution in [0.4, 0.5) is 11.4 Å². The first-order valence-corrected chi connectivity index (χ1v) is 9.57. The molecule has 0 atom stereocenters. The number of pyridine rings is 1. The van der Waals surface area contributed by atoms with Gasteiger partial charge in [-0.3, -0.25) is 9.78 Å². The van der Waals surface area contributed by atoms with Crippen molar-refractivity contribution >= 4 is 40.7 Å². The third-order valence-electron chi connectivity index (χ3n) is 5.21. The summed E-state index contributed by atoms with van der Waals surface area (Å²) in [5.74, 6) is 0. The highest BCUT2D eigenvalue weighted by atomic mass is 16.1. The molecule has 0 spiro atoms. The highest BCUT2D eigenvalue weighted by Gasteiger charge is 2.13. The van der Waals surface area contributed by atoms with Gasteiger partial charge >= 0.3 is 0 Å². The Kier molecular flexibility index (Phi) is 5.15. The van der Waals surface area contributed by atoms with Gasteiger partial charge in [-0.05, 0) is 43.2 Å². The molecule has 0 saturated carbocycles. The number of benzene rings is 2. The summed E-state index contributed by atoms with van der Waals surface area (Å²) in [4.78, 5) is 18.5. The number of carbonyl (C=O) groups is 1. The van der Waals surface area contributed by atoms with Crippen LogP contribution in [-0.2, 0) is 0 Å². The molecule has 0 fully saturated rings. The average molecular weight is 392 g/mol. The van der Waals surface area contributed by atoms with Crippen LogP contribution in [0.3, 0.4) is 0 Å². The molecule has 4 aromatic rings. The number of aromatic amines is 1. The summed E-state index contributed by atoms with van der Waals surface area (Å²) in [6, 6.07) is 15.6. The van der Waals surface area contributed by atoms with E-state index in [0.29, 0.717) is 11.1 Å². The fourth-order valence-electron chi connectivity index (χ4n) is 3.46. The van der Waals surface area contributed by atoms with Crippen LogP contribution in [0.25, 0.3) is 23.1 Å². The summed E-state index contributed by atoms with van der Waals surface area (Å²) in [6.45, 7) is 3.98. The number of aryl methyl sites for hydroxylation is 2. The Morgan fingerprint density at radius 2 is 1.80 bits per heavy atom. The average Bonchev–Trinajstić information content (AvgIpc) is 3.25. The van der Waals surface area contributed by atoms with Crippen LogP contribution in [0.2, 0.25) is 0 Å². The zero-order valence-corrected chi connectivity index (χ0v) is 16.7. The van der Waals surface area contributed by atoms with Crippen molar-refractivity contribution in [3.63, 3.8) is 0 Å². The lowest BCUT2D eigenvalue weighted by Gasteiger charge is -2.16. The first-order chi connectivity index (χ1) is 14.6. The maximum absolute atomic E-state index is 10.9. The monoisotopic (exact) mass is 392 g/mol. The normalized spacial score (nSPS) is 11.0. The molecule has 146 valence electrons. The number of rotatable bonds is 5. The second kappa shape index (κ2) is 8.06. The van der Waals surface area contributed by atoms with Crippen LogP contribution >= 0.6 is 0 Å². The minimum Gasteiger partial charge on any atom is -0.361 e. The van der Waals surface area contributed by atoms with Crippen molar-refractivity contribution in [2.45, 2.75) is 13.8 Å². The number of anilines is 2. The zero-order chi connectivity index (χ0) is 21.1. The van der Waals surface area contributed by atoms with E-state index in [0.717, 1.165) is 50.9 Å². The first kappa shape index (κ1) is 19.2. The molecule has 0 aliphatic carbocycles. The first-order valence-electron chi connectivity index (χ1n) is 9.57. The van der Waals surface area contributed by atoms with Gasteiger partial charge in [-0.1, -0.05) is 36.4 Å². The number of fused-ring (bicyclic) bond motifs is 1. The Labute approximate surface area is 174 Å². The predicted octanol–water partition coefficient (Wildman–Crippen LogP) is 5.78. The number of hydrogen-bond donors (Lipinski definition) is 2. The quantitative estimate of drug-likeness (QED) is 0.422. The summed E-state index contributed by atoms with van der Waals surface area (Å²) in [6.07, 6.45) is 8.24. The van der Waals surface area contributed by atoms with E-state index in [2.05, 4.69) is 28.3 Å². The van der Waals surface area contributed by atoms with Crippen LogP contribution in [-0.4, -0.2) is 16.3 Å². The van der Waals surface area contributed by atoms with Crippen molar-refractivity contribution < 1.29 is 4.79 Å². The molecule has 30 heavy (non-hydrogen) atoms. The van der Waals surface area contributed by atoms with E-state index in [-0.39, 0.29) is 0 Å². The maximum Gasteiger partial charge on any atom is 0.150 e. The van der Waals surface area contributed by atoms with Crippen LogP contribution < -0.4 is 5.32 Å². The van der Waals surface area contributed by atoms with Crippen molar-refractivity contribution in [2.24, 2.45) is 0 Å². The smallest absolute Gasteiger partial charge is 0.150 e. The predicted molar refractivity (Wildman–Crippen MR) is 121 cm³/mol. The lowest BCUT2D eigenvalue weighted by molar-refractivity contribution is 0.112. The van der Waals surface area contributed by atoms with Gasteiger partial charge in [0.1, 0.15) is 12.4 Å². The van der Waals surface area contributed by atoms with Gasteiger partial charge in [-0.2, -0.15) is 5.26 Å². The van der Waals surface area contributed by atoms with Gasteiger partial charge in [-0.25, -0.2) is 0 Å². The number of hydrogen-bond acceptors (Lipinski definition) is 4. The zero-order valence-electron chi connectivity index (χ0n) is 16.7. The molecule has 0 aliphatic rings. The maximum atomic E-state index is 10.9. The Morgan fingerprint density at radius 3 is 2.53 bits per heavy atom. The Hall–Kier alpha value is -4.17. The molecule has 5 nitrogen and oxygen atoms in total. The highest BCUT2D eigenvalue weighted by molar-refractivity contribution is 5.91. The molecular formula is C25H20N4O. The second-order valence-corrected chi connectivity index (χ2v) is 7.08. The van der Waals surface area contributed by atoms with Crippen LogP contribution in [0.5, 0.6) is 0 Å².